The van der Waals surface area contributed by atoms with Gasteiger partial charge < -0.3 is 10.1 Å². The van der Waals surface area contributed by atoms with Crippen LogP contribution in [0.5, 0.6) is 0 Å². The van der Waals surface area contributed by atoms with E-state index in [4.69, 9.17) is 4.74 Å². The second kappa shape index (κ2) is 7.42. The van der Waals surface area contributed by atoms with Gasteiger partial charge in [0.25, 0.3) is 0 Å². The number of aryl methyl sites for hydroxylation is 2. The van der Waals surface area contributed by atoms with Crippen LogP contribution >= 0.6 is 0 Å². The van der Waals surface area contributed by atoms with Gasteiger partial charge in [0.2, 0.25) is 0 Å². The Hall–Kier alpha value is -0.860. The van der Waals surface area contributed by atoms with E-state index >= 15 is 0 Å². The zero-order chi connectivity index (χ0) is 11.8. The van der Waals surface area contributed by atoms with E-state index in [9.17, 15) is 0 Å². The van der Waals surface area contributed by atoms with Crippen LogP contribution in [0, 0.1) is 13.8 Å². The van der Waals surface area contributed by atoms with Crippen LogP contribution in [-0.4, -0.2) is 19.7 Å². The Morgan fingerprint density at radius 3 is 2.62 bits per heavy atom. The number of rotatable bonds is 7. The Balaban J connectivity index is 2.19. The lowest BCUT2D eigenvalue weighted by atomic mass is 10.1. The SMILES string of the molecule is CCCNCCOCc1ccc(C)c(C)c1. The van der Waals surface area contributed by atoms with E-state index in [-0.39, 0.29) is 0 Å². The molecule has 1 aromatic carbocycles. The maximum absolute atomic E-state index is 5.60. The van der Waals surface area contributed by atoms with Crippen LogP contribution in [0.3, 0.4) is 0 Å². The van der Waals surface area contributed by atoms with Crippen molar-refractivity contribution in [2.45, 2.75) is 33.8 Å². The quantitative estimate of drug-likeness (QED) is 0.715. The molecule has 0 heterocycles. The highest BCUT2D eigenvalue weighted by molar-refractivity contribution is 5.29. The summed E-state index contributed by atoms with van der Waals surface area (Å²) in [5.74, 6) is 0. The molecule has 0 radical (unpaired) electrons. The van der Waals surface area contributed by atoms with Crippen molar-refractivity contribution in [3.8, 4) is 0 Å². The topological polar surface area (TPSA) is 21.3 Å². The minimum atomic E-state index is 0.717. The molecule has 0 fully saturated rings. The van der Waals surface area contributed by atoms with Crippen LogP contribution in [0.15, 0.2) is 18.2 Å². The molecule has 0 aliphatic heterocycles. The third kappa shape index (κ3) is 4.77. The van der Waals surface area contributed by atoms with Crippen LogP contribution in [0.25, 0.3) is 0 Å². The van der Waals surface area contributed by atoms with Gasteiger partial charge >= 0.3 is 0 Å². The highest BCUT2D eigenvalue weighted by Gasteiger charge is 1.96. The summed E-state index contributed by atoms with van der Waals surface area (Å²) in [6.45, 7) is 9.97. The molecule has 16 heavy (non-hydrogen) atoms. The summed E-state index contributed by atoms with van der Waals surface area (Å²) in [6.07, 6.45) is 1.18. The summed E-state index contributed by atoms with van der Waals surface area (Å²) in [5.41, 5.74) is 3.94. The molecule has 2 heteroatoms. The lowest BCUT2D eigenvalue weighted by Crippen LogP contribution is -2.20. The Bertz CT molecular complexity index is 310. The number of hydrogen-bond donors (Lipinski definition) is 1. The van der Waals surface area contributed by atoms with E-state index in [1.165, 1.54) is 23.1 Å². The zero-order valence-electron chi connectivity index (χ0n) is 10.7. The predicted octanol–water partition coefficient (Wildman–Crippen LogP) is 2.82. The first-order valence-electron chi connectivity index (χ1n) is 6.08. The van der Waals surface area contributed by atoms with Gasteiger partial charge in [0.15, 0.2) is 0 Å². The molecule has 0 aromatic heterocycles. The molecule has 1 N–H and O–H groups in total. The second-order valence-corrected chi connectivity index (χ2v) is 4.22. The molecule has 0 unspecified atom stereocenters. The van der Waals surface area contributed by atoms with Gasteiger partial charge in [-0.2, -0.15) is 0 Å². The third-order valence-corrected chi connectivity index (χ3v) is 2.69. The largest absolute Gasteiger partial charge is 0.375 e. The van der Waals surface area contributed by atoms with Crippen LogP contribution in [0.2, 0.25) is 0 Å². The molecule has 0 bridgehead atoms. The smallest absolute Gasteiger partial charge is 0.0717 e. The molecular formula is C14H23NO. The molecule has 0 spiro atoms. The first-order valence-corrected chi connectivity index (χ1v) is 6.08. The average molecular weight is 221 g/mol. The minimum absolute atomic E-state index is 0.717. The lowest BCUT2D eigenvalue weighted by molar-refractivity contribution is 0.123. The summed E-state index contributed by atoms with van der Waals surface area (Å²) in [7, 11) is 0. The second-order valence-electron chi connectivity index (χ2n) is 4.22. The Kier molecular flexibility index (Phi) is 6.12. The molecule has 0 atom stereocenters. The van der Waals surface area contributed by atoms with E-state index in [0.717, 1.165) is 26.3 Å². The molecule has 1 rings (SSSR count). The maximum Gasteiger partial charge on any atom is 0.0717 e. The van der Waals surface area contributed by atoms with Gasteiger partial charge in [-0.1, -0.05) is 25.1 Å². The fraction of sp³-hybridized carbons (Fsp3) is 0.571. The molecule has 0 aliphatic carbocycles. The predicted molar refractivity (Wildman–Crippen MR) is 68.7 cm³/mol. The van der Waals surface area contributed by atoms with Gasteiger partial charge in [0.05, 0.1) is 13.2 Å². The molecule has 0 amide bonds. The van der Waals surface area contributed by atoms with Crippen LogP contribution in [0.1, 0.15) is 30.0 Å². The molecule has 90 valence electrons. The molecule has 0 aliphatic rings. The van der Waals surface area contributed by atoms with Crippen molar-refractivity contribution in [3.05, 3.63) is 34.9 Å². The number of nitrogens with one attached hydrogen (secondary N) is 1. The van der Waals surface area contributed by atoms with Crippen molar-refractivity contribution in [3.63, 3.8) is 0 Å². The Morgan fingerprint density at radius 1 is 1.12 bits per heavy atom. The van der Waals surface area contributed by atoms with Crippen molar-refractivity contribution in [2.75, 3.05) is 19.7 Å². The van der Waals surface area contributed by atoms with Gasteiger partial charge in [-0.05, 0) is 43.5 Å². The van der Waals surface area contributed by atoms with Gasteiger partial charge in [0.1, 0.15) is 0 Å². The third-order valence-electron chi connectivity index (χ3n) is 2.69. The Morgan fingerprint density at radius 2 is 1.94 bits per heavy atom. The fourth-order valence-corrected chi connectivity index (χ4v) is 1.53. The monoisotopic (exact) mass is 221 g/mol. The maximum atomic E-state index is 5.60. The van der Waals surface area contributed by atoms with Crippen molar-refractivity contribution in [1.82, 2.24) is 5.32 Å². The van der Waals surface area contributed by atoms with Gasteiger partial charge in [-0.15, -0.1) is 0 Å². The molecular weight excluding hydrogens is 198 g/mol. The average Bonchev–Trinajstić information content (AvgIpc) is 2.28. The van der Waals surface area contributed by atoms with Crippen LogP contribution in [-0.2, 0) is 11.3 Å². The number of hydrogen-bond acceptors (Lipinski definition) is 2. The first-order chi connectivity index (χ1) is 7.74. The van der Waals surface area contributed by atoms with Gasteiger partial charge in [-0.25, -0.2) is 0 Å². The minimum Gasteiger partial charge on any atom is -0.375 e. The van der Waals surface area contributed by atoms with E-state index in [1.807, 2.05) is 0 Å². The summed E-state index contributed by atoms with van der Waals surface area (Å²) in [5, 5.41) is 3.32. The van der Waals surface area contributed by atoms with Gasteiger partial charge in [-0.3, -0.25) is 0 Å². The van der Waals surface area contributed by atoms with Crippen molar-refractivity contribution < 1.29 is 4.74 Å². The summed E-state index contributed by atoms with van der Waals surface area (Å²) in [6, 6.07) is 6.50. The molecule has 2 nitrogen and oxygen atoms in total. The zero-order valence-corrected chi connectivity index (χ0v) is 10.7. The van der Waals surface area contributed by atoms with Crippen LogP contribution in [0.4, 0.5) is 0 Å². The van der Waals surface area contributed by atoms with E-state index in [2.05, 4.69) is 44.3 Å². The van der Waals surface area contributed by atoms with E-state index < -0.39 is 0 Å². The Labute approximate surface area is 99.0 Å². The lowest BCUT2D eigenvalue weighted by Gasteiger charge is -2.07. The van der Waals surface area contributed by atoms with Crippen molar-refractivity contribution in [1.29, 1.82) is 0 Å². The standard InChI is InChI=1S/C14H23NO/c1-4-7-15-8-9-16-11-14-6-5-12(2)13(3)10-14/h5-6,10,15H,4,7-9,11H2,1-3H3. The van der Waals surface area contributed by atoms with Crippen molar-refractivity contribution in [2.24, 2.45) is 0 Å². The fourth-order valence-electron chi connectivity index (χ4n) is 1.53. The van der Waals surface area contributed by atoms with E-state index in [1.54, 1.807) is 0 Å². The summed E-state index contributed by atoms with van der Waals surface area (Å²) in [4.78, 5) is 0. The highest BCUT2D eigenvalue weighted by Crippen LogP contribution is 2.10. The molecule has 0 saturated heterocycles. The normalized spacial score (nSPS) is 10.7. The summed E-state index contributed by atoms with van der Waals surface area (Å²) < 4.78 is 5.60. The molecule has 0 saturated carbocycles. The molecule has 1 aromatic rings. The van der Waals surface area contributed by atoms with Crippen molar-refractivity contribution >= 4 is 0 Å². The number of ether oxygens (including phenoxy) is 1. The van der Waals surface area contributed by atoms with Crippen LogP contribution < -0.4 is 5.32 Å². The van der Waals surface area contributed by atoms with Gasteiger partial charge in [0, 0.05) is 6.54 Å². The number of benzene rings is 1. The first kappa shape index (κ1) is 13.2. The highest BCUT2D eigenvalue weighted by atomic mass is 16.5. The summed E-state index contributed by atoms with van der Waals surface area (Å²) >= 11 is 0. The van der Waals surface area contributed by atoms with E-state index in [0.29, 0.717) is 0 Å².